The third-order valence-electron chi connectivity index (χ3n) is 5.25. The molecule has 3 aromatic carbocycles. The van der Waals surface area contributed by atoms with Gasteiger partial charge in [0, 0.05) is 17.4 Å². The molecule has 0 radical (unpaired) electrons. The molecule has 0 saturated carbocycles. The smallest absolute Gasteiger partial charge is 0.448 e. The van der Waals surface area contributed by atoms with Crippen LogP contribution in [0.25, 0.3) is 21.7 Å². The Balaban J connectivity index is 0.00000400. The Bertz CT molecular complexity index is 1510. The number of carbonyl (C=O) groups excluding carboxylic acids is 1. The number of imidazole rings is 1. The van der Waals surface area contributed by atoms with Crippen molar-refractivity contribution in [3.8, 4) is 16.9 Å². The number of hydrogen-bond donors (Lipinski definition) is 1. The Morgan fingerprint density at radius 2 is 1.61 bits per heavy atom. The first kappa shape index (κ1) is 29.7. The van der Waals surface area contributed by atoms with Gasteiger partial charge in [-0.25, -0.2) is 13.4 Å². The number of carbonyl (C=O) groups is 1. The zero-order valence-corrected chi connectivity index (χ0v) is 23.6. The molecule has 38 heavy (non-hydrogen) atoms. The number of alkyl halides is 3. The number of nitrogens with one attached hydrogen (secondary N) is 1. The van der Waals surface area contributed by atoms with Crippen LogP contribution in [-0.4, -0.2) is 30.5 Å². The second-order valence-electron chi connectivity index (χ2n) is 7.83. The van der Waals surface area contributed by atoms with Gasteiger partial charge in [-0.05, 0) is 42.8 Å². The molecule has 1 N–H and O–H groups in total. The van der Waals surface area contributed by atoms with Gasteiger partial charge in [-0.3, -0.25) is 9.36 Å². The van der Waals surface area contributed by atoms with Crippen LogP contribution in [0.1, 0.15) is 11.4 Å². The average molecular weight is 571 g/mol. The molecule has 7 nitrogen and oxygen atoms in total. The maximum Gasteiger partial charge on any atom is 1.00 e. The average Bonchev–Trinajstić information content (AvgIpc) is 3.31. The molecule has 1 aromatic heterocycles. The molecule has 13 heteroatoms. The number of aromatic nitrogens is 2. The summed E-state index contributed by atoms with van der Waals surface area (Å²) in [6, 6.07) is 19.4. The van der Waals surface area contributed by atoms with Gasteiger partial charge in [0.25, 0.3) is 0 Å². The summed E-state index contributed by atoms with van der Waals surface area (Å²) in [4.78, 5) is 15.5. The number of amides is 2. The SMILES string of the molecule is O=C([N-]S(=O)(=O)c1ccccc1Cl)NCCc1ccc(-n2cc(-c3ccccc3)nc2C(F)(F)F)cc1.[Na+]. The number of halogens is 4. The number of rotatable bonds is 7. The molecule has 0 aliphatic rings. The van der Waals surface area contributed by atoms with Gasteiger partial charge in [-0.2, -0.15) is 13.2 Å². The topological polar surface area (TPSA) is 95.2 Å². The van der Waals surface area contributed by atoms with E-state index in [1.165, 1.54) is 36.5 Å². The predicted molar refractivity (Wildman–Crippen MR) is 133 cm³/mol. The van der Waals surface area contributed by atoms with E-state index in [4.69, 9.17) is 11.6 Å². The summed E-state index contributed by atoms with van der Waals surface area (Å²) in [6.07, 6.45) is -3.04. The van der Waals surface area contributed by atoms with Gasteiger partial charge in [-0.15, -0.1) is 0 Å². The van der Waals surface area contributed by atoms with Crippen LogP contribution in [0, 0.1) is 0 Å². The summed E-state index contributed by atoms with van der Waals surface area (Å²) >= 11 is 5.86. The number of urea groups is 1. The minimum absolute atomic E-state index is 0. The van der Waals surface area contributed by atoms with Gasteiger partial charge in [0.05, 0.1) is 15.6 Å². The van der Waals surface area contributed by atoms with E-state index in [9.17, 15) is 26.4 Å². The minimum atomic E-state index is -4.66. The van der Waals surface area contributed by atoms with E-state index in [0.29, 0.717) is 17.5 Å². The summed E-state index contributed by atoms with van der Waals surface area (Å²) in [6.45, 7) is 0.0523. The van der Waals surface area contributed by atoms with Crippen LogP contribution < -0.4 is 34.9 Å². The largest absolute Gasteiger partial charge is 1.00 e. The van der Waals surface area contributed by atoms with Crippen LogP contribution in [0.2, 0.25) is 5.02 Å². The molecule has 0 bridgehead atoms. The van der Waals surface area contributed by atoms with Crippen molar-refractivity contribution in [2.24, 2.45) is 0 Å². The van der Waals surface area contributed by atoms with E-state index < -0.39 is 28.1 Å². The van der Waals surface area contributed by atoms with Gasteiger partial charge in [0.15, 0.2) is 6.03 Å². The van der Waals surface area contributed by atoms with Crippen LogP contribution in [0.5, 0.6) is 0 Å². The van der Waals surface area contributed by atoms with Crippen LogP contribution in [0.15, 0.2) is 90.0 Å². The Morgan fingerprint density at radius 1 is 0.974 bits per heavy atom. The van der Waals surface area contributed by atoms with Crippen molar-refractivity contribution in [2.75, 3.05) is 6.54 Å². The first-order valence-corrected chi connectivity index (χ1v) is 12.7. The number of nitrogens with zero attached hydrogens (tertiary/aromatic N) is 3. The Hall–Kier alpha value is -2.83. The molecular formula is C25H19ClF3N4NaO3S. The maximum atomic E-state index is 13.6. The van der Waals surface area contributed by atoms with Crippen molar-refractivity contribution in [3.05, 3.63) is 106 Å². The second-order valence-corrected chi connectivity index (χ2v) is 9.81. The van der Waals surface area contributed by atoms with E-state index >= 15 is 0 Å². The van der Waals surface area contributed by atoms with E-state index in [1.54, 1.807) is 48.5 Å². The van der Waals surface area contributed by atoms with Gasteiger partial charge >= 0.3 is 35.7 Å². The normalized spacial score (nSPS) is 11.5. The van der Waals surface area contributed by atoms with Crippen LogP contribution in [0.3, 0.4) is 0 Å². The van der Waals surface area contributed by atoms with Crippen molar-refractivity contribution < 1.29 is 55.9 Å². The summed E-state index contributed by atoms with van der Waals surface area (Å²) < 4.78 is 69.7. The fraction of sp³-hybridized carbons (Fsp3) is 0.120. The molecule has 0 saturated heterocycles. The molecular weight excluding hydrogens is 552 g/mol. The molecule has 2 amide bonds. The van der Waals surface area contributed by atoms with Crippen molar-refractivity contribution in [1.82, 2.24) is 14.9 Å². The van der Waals surface area contributed by atoms with E-state index in [-0.39, 0.29) is 57.4 Å². The van der Waals surface area contributed by atoms with Gasteiger partial charge < -0.3 is 10.0 Å². The number of hydrogen-bond acceptors (Lipinski definition) is 4. The fourth-order valence-electron chi connectivity index (χ4n) is 3.51. The first-order chi connectivity index (χ1) is 17.5. The number of benzene rings is 3. The molecule has 0 unspecified atom stereocenters. The standard InChI is InChI=1S/C25H20ClF3N4O3S.Na/c26-20-8-4-5-9-22(20)37(35,36)32-24(34)30-15-14-17-10-12-19(13-11-17)33-16-21(18-6-2-1-3-7-18)31-23(33)25(27,28)29;/h1-13,16H,14-15H2,(H2,30,32,34);/q;+1/p-1. The summed E-state index contributed by atoms with van der Waals surface area (Å²) in [5.41, 5.74) is 1.71. The molecule has 0 fully saturated rings. The van der Waals surface area contributed by atoms with Crippen molar-refractivity contribution in [3.63, 3.8) is 0 Å². The summed E-state index contributed by atoms with van der Waals surface area (Å²) in [5, 5.41) is 2.33. The quantitative estimate of drug-likeness (QED) is 0.345. The third-order valence-corrected chi connectivity index (χ3v) is 7.01. The Morgan fingerprint density at radius 3 is 2.24 bits per heavy atom. The van der Waals surface area contributed by atoms with Gasteiger partial charge in [0.2, 0.25) is 15.8 Å². The second kappa shape index (κ2) is 12.4. The third kappa shape index (κ3) is 7.17. The summed E-state index contributed by atoms with van der Waals surface area (Å²) in [7, 11) is -4.28. The summed E-state index contributed by atoms with van der Waals surface area (Å²) in [5.74, 6) is -1.05. The number of sulfonamides is 1. The minimum Gasteiger partial charge on any atom is -0.448 e. The maximum absolute atomic E-state index is 13.6. The van der Waals surface area contributed by atoms with Gasteiger partial charge in [-0.1, -0.05) is 66.2 Å². The van der Waals surface area contributed by atoms with E-state index in [2.05, 4.69) is 15.0 Å². The molecule has 0 aliphatic carbocycles. The zero-order chi connectivity index (χ0) is 26.6. The monoisotopic (exact) mass is 570 g/mol. The van der Waals surface area contributed by atoms with Crippen LogP contribution >= 0.6 is 11.6 Å². The van der Waals surface area contributed by atoms with Gasteiger partial charge in [0.1, 0.15) is 0 Å². The predicted octanol–water partition coefficient (Wildman–Crippen LogP) is 3.23. The molecule has 0 spiro atoms. The molecule has 4 rings (SSSR count). The van der Waals surface area contributed by atoms with Crippen LogP contribution in [0.4, 0.5) is 18.0 Å². The van der Waals surface area contributed by atoms with Crippen molar-refractivity contribution in [2.45, 2.75) is 17.5 Å². The Kier molecular flexibility index (Phi) is 9.66. The molecule has 192 valence electrons. The molecule has 0 atom stereocenters. The van der Waals surface area contributed by atoms with Crippen molar-refractivity contribution >= 4 is 27.7 Å². The molecule has 0 aliphatic heterocycles. The Labute approximate surface area is 244 Å². The zero-order valence-electron chi connectivity index (χ0n) is 20.0. The van der Waals surface area contributed by atoms with Crippen LogP contribution in [-0.2, 0) is 22.6 Å². The molecule has 4 aromatic rings. The van der Waals surface area contributed by atoms with E-state index in [0.717, 1.165) is 4.57 Å². The van der Waals surface area contributed by atoms with Crippen molar-refractivity contribution in [1.29, 1.82) is 0 Å². The van der Waals surface area contributed by atoms with E-state index in [1.807, 2.05) is 0 Å². The molecule has 1 heterocycles. The first-order valence-electron chi connectivity index (χ1n) is 10.9. The fourth-order valence-corrected chi connectivity index (χ4v) is 4.88.